The van der Waals surface area contributed by atoms with Gasteiger partial charge in [0.05, 0.1) is 0 Å². The fourth-order valence-electron chi connectivity index (χ4n) is 1.97. The summed E-state index contributed by atoms with van der Waals surface area (Å²) in [5, 5.41) is 0. The van der Waals surface area contributed by atoms with Crippen molar-refractivity contribution >= 4 is 5.78 Å². The highest BCUT2D eigenvalue weighted by atomic mass is 19.1. The van der Waals surface area contributed by atoms with Gasteiger partial charge in [-0.25, -0.2) is 4.39 Å². The van der Waals surface area contributed by atoms with Crippen LogP contribution in [0.25, 0.3) is 0 Å². The normalized spacial score (nSPS) is 23.8. The van der Waals surface area contributed by atoms with Crippen LogP contribution < -0.4 is 0 Å². The van der Waals surface area contributed by atoms with Crippen molar-refractivity contribution in [3.05, 3.63) is 11.9 Å². The first kappa shape index (κ1) is 13.4. The number of nitrogens with zero attached hydrogens (tertiary/aromatic N) is 1. The molecule has 0 N–H and O–H groups in total. The summed E-state index contributed by atoms with van der Waals surface area (Å²) >= 11 is 0. The first-order valence-electron chi connectivity index (χ1n) is 5.90. The minimum absolute atomic E-state index is 0.101. The molecule has 16 heavy (non-hydrogen) atoms. The van der Waals surface area contributed by atoms with Gasteiger partial charge in [-0.1, -0.05) is 20.8 Å². The maximum absolute atomic E-state index is 13.6. The van der Waals surface area contributed by atoms with E-state index in [1.165, 1.54) is 6.08 Å². The maximum Gasteiger partial charge on any atom is 0.191 e. The second-order valence-electron chi connectivity index (χ2n) is 5.87. The first-order chi connectivity index (χ1) is 7.29. The van der Waals surface area contributed by atoms with Crippen molar-refractivity contribution in [2.45, 2.75) is 46.1 Å². The van der Waals surface area contributed by atoms with Crippen molar-refractivity contribution in [3.8, 4) is 0 Å². The Morgan fingerprint density at radius 3 is 2.56 bits per heavy atom. The van der Waals surface area contributed by atoms with E-state index in [4.69, 9.17) is 0 Å². The molecule has 0 aromatic carbocycles. The Kier molecular flexibility index (Phi) is 4.25. The standard InChI is InChI=1S/C13H22FNO/c1-13(2,3)9-12(16)11(14)8-10-6-5-7-15(10)4/h8,10H,5-7,9H2,1-4H3/b11-8+/t10-/m0/s1. The van der Waals surface area contributed by atoms with Crippen LogP contribution in [0.5, 0.6) is 0 Å². The zero-order valence-electron chi connectivity index (χ0n) is 10.7. The van der Waals surface area contributed by atoms with E-state index < -0.39 is 5.83 Å². The van der Waals surface area contributed by atoms with Gasteiger partial charge in [0, 0.05) is 12.5 Å². The van der Waals surface area contributed by atoms with Crippen molar-refractivity contribution in [3.63, 3.8) is 0 Å². The van der Waals surface area contributed by atoms with Crippen LogP contribution in [0.2, 0.25) is 0 Å². The molecular formula is C13H22FNO. The van der Waals surface area contributed by atoms with Gasteiger partial charge in [-0.15, -0.1) is 0 Å². The molecule has 0 aromatic rings. The van der Waals surface area contributed by atoms with E-state index in [1.807, 2.05) is 27.8 Å². The number of Topliss-reactive ketones (excluding diaryl/α,β-unsaturated/α-hetero) is 1. The Labute approximate surface area is 97.5 Å². The second-order valence-corrected chi connectivity index (χ2v) is 5.87. The van der Waals surface area contributed by atoms with Gasteiger partial charge in [-0.3, -0.25) is 9.69 Å². The summed E-state index contributed by atoms with van der Waals surface area (Å²) in [5.41, 5.74) is -0.149. The van der Waals surface area contributed by atoms with E-state index in [9.17, 15) is 9.18 Å². The number of hydrogen-bond acceptors (Lipinski definition) is 2. The molecule has 0 aliphatic carbocycles. The number of carbonyl (C=O) groups excluding carboxylic acids is 1. The van der Waals surface area contributed by atoms with Crippen molar-refractivity contribution in [1.29, 1.82) is 0 Å². The number of allylic oxidation sites excluding steroid dienone is 1. The van der Waals surface area contributed by atoms with Gasteiger partial charge < -0.3 is 0 Å². The lowest BCUT2D eigenvalue weighted by atomic mass is 9.89. The molecule has 0 aromatic heterocycles. The summed E-state index contributed by atoms with van der Waals surface area (Å²) in [5.74, 6) is -0.929. The van der Waals surface area contributed by atoms with Crippen LogP contribution in [0.3, 0.4) is 0 Å². The average molecular weight is 227 g/mol. The Morgan fingerprint density at radius 1 is 1.50 bits per heavy atom. The molecule has 1 fully saturated rings. The third kappa shape index (κ3) is 4.05. The Morgan fingerprint density at radius 2 is 2.12 bits per heavy atom. The molecule has 92 valence electrons. The van der Waals surface area contributed by atoms with Crippen molar-refractivity contribution in [2.24, 2.45) is 5.41 Å². The fourth-order valence-corrected chi connectivity index (χ4v) is 1.97. The minimum atomic E-state index is -0.561. The summed E-state index contributed by atoms with van der Waals surface area (Å²) in [6.45, 7) is 6.82. The smallest absolute Gasteiger partial charge is 0.191 e. The molecule has 1 aliphatic rings. The number of ketones is 1. The third-order valence-electron chi connectivity index (χ3n) is 2.87. The number of likely N-dealkylation sites (N-methyl/N-ethyl adjacent to an activating group) is 1. The van der Waals surface area contributed by atoms with Gasteiger partial charge in [-0.05, 0) is 37.9 Å². The quantitative estimate of drug-likeness (QED) is 0.691. The van der Waals surface area contributed by atoms with Gasteiger partial charge in [0.2, 0.25) is 0 Å². The van der Waals surface area contributed by atoms with Crippen LogP contribution in [0.15, 0.2) is 11.9 Å². The molecule has 0 unspecified atom stereocenters. The highest BCUT2D eigenvalue weighted by Crippen LogP contribution is 2.23. The lowest BCUT2D eigenvalue weighted by Gasteiger charge is -2.18. The highest BCUT2D eigenvalue weighted by molar-refractivity contribution is 5.93. The van der Waals surface area contributed by atoms with E-state index >= 15 is 0 Å². The van der Waals surface area contributed by atoms with Crippen molar-refractivity contribution in [2.75, 3.05) is 13.6 Å². The predicted octanol–water partition coefficient (Wildman–Crippen LogP) is 2.94. The van der Waals surface area contributed by atoms with E-state index in [1.54, 1.807) is 0 Å². The van der Waals surface area contributed by atoms with E-state index in [-0.39, 0.29) is 23.7 Å². The Hall–Kier alpha value is -0.700. The summed E-state index contributed by atoms with van der Waals surface area (Å²) in [4.78, 5) is 13.7. The van der Waals surface area contributed by atoms with E-state index in [0.717, 1.165) is 19.4 Å². The fraction of sp³-hybridized carbons (Fsp3) is 0.769. The largest absolute Gasteiger partial charge is 0.300 e. The molecule has 1 aliphatic heterocycles. The minimum Gasteiger partial charge on any atom is -0.300 e. The molecule has 1 heterocycles. The van der Waals surface area contributed by atoms with Gasteiger partial charge in [0.15, 0.2) is 11.6 Å². The van der Waals surface area contributed by atoms with Gasteiger partial charge >= 0.3 is 0 Å². The van der Waals surface area contributed by atoms with Crippen LogP contribution in [-0.2, 0) is 4.79 Å². The number of carbonyl (C=O) groups is 1. The summed E-state index contributed by atoms with van der Waals surface area (Å²) in [6, 6.07) is 0.101. The number of halogens is 1. The molecule has 0 saturated carbocycles. The Balaban J connectivity index is 2.59. The van der Waals surface area contributed by atoms with Gasteiger partial charge in [0.1, 0.15) is 0 Å². The zero-order valence-corrected chi connectivity index (χ0v) is 10.7. The van der Waals surface area contributed by atoms with Crippen LogP contribution >= 0.6 is 0 Å². The summed E-state index contributed by atoms with van der Waals surface area (Å²) in [6.07, 6.45) is 3.79. The van der Waals surface area contributed by atoms with Crippen LogP contribution in [0, 0.1) is 5.41 Å². The summed E-state index contributed by atoms with van der Waals surface area (Å²) < 4.78 is 13.6. The predicted molar refractivity (Wildman–Crippen MR) is 63.9 cm³/mol. The average Bonchev–Trinajstić information content (AvgIpc) is 2.49. The molecule has 2 nitrogen and oxygen atoms in total. The molecule has 0 amide bonds. The van der Waals surface area contributed by atoms with Crippen molar-refractivity contribution < 1.29 is 9.18 Å². The molecule has 1 atom stereocenters. The molecular weight excluding hydrogens is 205 g/mol. The number of hydrogen-bond donors (Lipinski definition) is 0. The van der Waals surface area contributed by atoms with Gasteiger partial charge in [-0.2, -0.15) is 0 Å². The summed E-state index contributed by atoms with van der Waals surface area (Å²) in [7, 11) is 1.97. The zero-order chi connectivity index (χ0) is 12.3. The molecule has 1 saturated heterocycles. The lowest BCUT2D eigenvalue weighted by Crippen LogP contribution is -2.23. The lowest BCUT2D eigenvalue weighted by molar-refractivity contribution is -0.118. The molecule has 0 spiro atoms. The molecule has 1 rings (SSSR count). The van der Waals surface area contributed by atoms with Gasteiger partial charge in [0.25, 0.3) is 0 Å². The third-order valence-corrected chi connectivity index (χ3v) is 2.87. The number of rotatable bonds is 3. The van der Waals surface area contributed by atoms with Crippen LogP contribution in [0.1, 0.15) is 40.0 Å². The van der Waals surface area contributed by atoms with E-state index in [2.05, 4.69) is 4.90 Å². The highest BCUT2D eigenvalue weighted by Gasteiger charge is 2.23. The maximum atomic E-state index is 13.6. The molecule has 0 bridgehead atoms. The van der Waals surface area contributed by atoms with Crippen LogP contribution in [0.4, 0.5) is 4.39 Å². The monoisotopic (exact) mass is 227 g/mol. The van der Waals surface area contributed by atoms with E-state index in [0.29, 0.717) is 0 Å². The second kappa shape index (κ2) is 5.09. The molecule has 3 heteroatoms. The first-order valence-corrected chi connectivity index (χ1v) is 5.90. The van der Waals surface area contributed by atoms with Crippen LogP contribution in [-0.4, -0.2) is 30.3 Å². The Bertz CT molecular complexity index is 291. The molecule has 0 radical (unpaired) electrons. The SMILES string of the molecule is CN1CCC[C@H]1/C=C(/F)C(=O)CC(C)(C)C. The van der Waals surface area contributed by atoms with Crippen molar-refractivity contribution in [1.82, 2.24) is 4.90 Å². The number of likely N-dealkylation sites (tertiary alicyclic amines) is 1. The topological polar surface area (TPSA) is 20.3 Å².